The van der Waals surface area contributed by atoms with Gasteiger partial charge in [-0.15, -0.1) is 11.8 Å². The Kier molecular flexibility index (Phi) is 11.5. The number of nitro benzene ring substituents is 1. The highest BCUT2D eigenvalue weighted by molar-refractivity contribution is 7.99. The first-order valence-electron chi connectivity index (χ1n) is 17.8. The number of amides is 1. The number of anilines is 2. The minimum Gasteiger partial charge on any atom is -0.379 e. The van der Waals surface area contributed by atoms with E-state index in [0.29, 0.717) is 18.3 Å². The lowest BCUT2D eigenvalue weighted by Gasteiger charge is -2.46. The molecule has 2 N–H and O–H groups in total. The van der Waals surface area contributed by atoms with Crippen molar-refractivity contribution in [3.05, 3.63) is 158 Å². The van der Waals surface area contributed by atoms with E-state index in [2.05, 4.69) is 56.2 Å². The Morgan fingerprint density at radius 1 is 0.907 bits per heavy atom. The number of sulfonamides is 1. The Morgan fingerprint density at radius 2 is 1.67 bits per heavy atom. The number of nitrogens with zero attached hydrogens (tertiary/aromatic N) is 3. The van der Waals surface area contributed by atoms with Crippen LogP contribution in [0.2, 0.25) is 5.02 Å². The fourth-order valence-electron chi connectivity index (χ4n) is 7.19. The van der Waals surface area contributed by atoms with Gasteiger partial charge in [0, 0.05) is 71.8 Å². The van der Waals surface area contributed by atoms with Crippen LogP contribution < -0.4 is 14.9 Å². The molecular formula is C41H40ClN5O5S2. The summed E-state index contributed by atoms with van der Waals surface area (Å²) in [5, 5.41) is 15.6. The molecule has 0 aromatic heterocycles. The number of carbonyl (C=O) groups is 1. The fourth-order valence-corrected chi connectivity index (χ4v) is 9.10. The van der Waals surface area contributed by atoms with Gasteiger partial charge in [-0.3, -0.25) is 19.8 Å². The average Bonchev–Trinajstić information content (AvgIpc) is 3.18. The highest BCUT2D eigenvalue weighted by Crippen LogP contribution is 2.34. The molecule has 1 saturated heterocycles. The third-order valence-electron chi connectivity index (χ3n) is 9.92. The van der Waals surface area contributed by atoms with Gasteiger partial charge < -0.3 is 10.2 Å². The summed E-state index contributed by atoms with van der Waals surface area (Å²) in [6.45, 7) is 3.94. The van der Waals surface area contributed by atoms with Gasteiger partial charge in [-0.05, 0) is 96.1 Å². The van der Waals surface area contributed by atoms with Crippen LogP contribution in [0.4, 0.5) is 17.1 Å². The van der Waals surface area contributed by atoms with E-state index in [1.54, 1.807) is 23.9 Å². The molecule has 1 atom stereocenters. The van der Waals surface area contributed by atoms with E-state index < -0.39 is 20.9 Å². The lowest BCUT2D eigenvalue weighted by Crippen LogP contribution is -2.54. The van der Waals surface area contributed by atoms with Crippen molar-refractivity contribution < 1.29 is 18.1 Å². The van der Waals surface area contributed by atoms with E-state index in [1.807, 2.05) is 48.5 Å². The second-order valence-corrected chi connectivity index (χ2v) is 16.8. The molecule has 13 heteroatoms. The predicted molar refractivity (Wildman–Crippen MR) is 215 cm³/mol. The van der Waals surface area contributed by atoms with Gasteiger partial charge in [0.2, 0.25) is 0 Å². The molecule has 2 aliphatic heterocycles. The fraction of sp³-hybridized carbons (Fsp3) is 0.244. The molecule has 1 unspecified atom stereocenters. The highest BCUT2D eigenvalue weighted by atomic mass is 35.5. The monoisotopic (exact) mass is 781 g/mol. The molecule has 2 aliphatic rings. The molecule has 0 aliphatic carbocycles. The predicted octanol–water partition coefficient (Wildman–Crippen LogP) is 7.80. The van der Waals surface area contributed by atoms with Crippen molar-refractivity contribution in [2.45, 2.75) is 41.6 Å². The van der Waals surface area contributed by atoms with E-state index in [4.69, 9.17) is 11.6 Å². The van der Waals surface area contributed by atoms with Crippen LogP contribution in [-0.2, 0) is 29.4 Å². The van der Waals surface area contributed by atoms with Crippen molar-refractivity contribution in [1.29, 1.82) is 0 Å². The summed E-state index contributed by atoms with van der Waals surface area (Å²) in [4.78, 5) is 30.2. The molecule has 0 radical (unpaired) electrons. The number of hydrogen-bond acceptors (Lipinski definition) is 9. The lowest BCUT2D eigenvalue weighted by molar-refractivity contribution is -0.384. The number of nitro groups is 1. The first-order valence-corrected chi connectivity index (χ1v) is 20.7. The molecule has 1 amide bonds. The molecule has 1 fully saturated rings. The number of fused-ring (bicyclic) bond motifs is 3. The maximum Gasteiger partial charge on any atom is 0.293 e. The molecule has 2 heterocycles. The standard InChI is InChI=1S/C41H40ClN5O5S2/c42-34-14-10-29(11-15-34)24-30-6-4-5-7-33(30)27-45-21-22-46-35(28-45)16-12-31-25-32(13-19-39(31)46)41(48)44-54(51,52)37-17-18-38(40(26-37)47(49)50)43-20-23-53-36-8-2-1-3-9-36/h1-11,13-15,17-19,25-26,35,43H,12,16,20-24,27-28H2,(H,44,48). The number of carbonyl (C=O) groups excluding carboxylic acids is 1. The highest BCUT2D eigenvalue weighted by Gasteiger charge is 2.32. The maximum atomic E-state index is 13.3. The number of halogens is 1. The lowest BCUT2D eigenvalue weighted by atomic mass is 9.92. The molecule has 0 spiro atoms. The van der Waals surface area contributed by atoms with Crippen LogP contribution in [0.25, 0.3) is 0 Å². The van der Waals surface area contributed by atoms with E-state index in [1.165, 1.54) is 28.8 Å². The Hall–Kier alpha value is -4.88. The molecule has 7 rings (SSSR count). The van der Waals surface area contributed by atoms with Gasteiger partial charge in [0.1, 0.15) is 5.69 Å². The first kappa shape index (κ1) is 37.4. The SMILES string of the molecule is O=C(NS(=O)(=O)c1ccc(NCCSc2ccccc2)c([N+](=O)[O-])c1)c1ccc2c(c1)CCC1CN(Cc3ccccc3Cc3ccc(Cl)cc3)CCN21. The summed E-state index contributed by atoms with van der Waals surface area (Å²) in [7, 11) is -4.39. The zero-order valence-corrected chi connectivity index (χ0v) is 31.9. The number of aryl methyl sites for hydroxylation is 1. The number of rotatable bonds is 13. The van der Waals surface area contributed by atoms with E-state index in [0.717, 1.165) is 72.7 Å². The summed E-state index contributed by atoms with van der Waals surface area (Å²) < 4.78 is 28.7. The second kappa shape index (κ2) is 16.6. The van der Waals surface area contributed by atoms with Gasteiger partial charge in [0.15, 0.2) is 0 Å². The summed E-state index contributed by atoms with van der Waals surface area (Å²) in [6.07, 6.45) is 2.52. The summed E-state index contributed by atoms with van der Waals surface area (Å²) in [5.41, 5.74) is 5.94. The summed E-state index contributed by atoms with van der Waals surface area (Å²) in [6, 6.07) is 35.6. The van der Waals surface area contributed by atoms with Gasteiger partial charge in [-0.1, -0.05) is 66.2 Å². The Balaban J connectivity index is 0.965. The van der Waals surface area contributed by atoms with Crippen LogP contribution in [0.15, 0.2) is 125 Å². The third kappa shape index (κ3) is 8.90. The Morgan fingerprint density at radius 3 is 2.44 bits per heavy atom. The van der Waals surface area contributed by atoms with Crippen LogP contribution in [0, 0.1) is 10.1 Å². The minimum absolute atomic E-state index is 0.201. The summed E-state index contributed by atoms with van der Waals surface area (Å²) >= 11 is 7.70. The van der Waals surface area contributed by atoms with Crippen LogP contribution in [0.5, 0.6) is 0 Å². The van der Waals surface area contributed by atoms with Gasteiger partial charge in [-0.2, -0.15) is 0 Å². The van der Waals surface area contributed by atoms with E-state index in [9.17, 15) is 23.3 Å². The third-order valence-corrected chi connectivity index (χ3v) is 12.5. The topological polar surface area (TPSA) is 125 Å². The molecule has 54 heavy (non-hydrogen) atoms. The average molecular weight is 782 g/mol. The minimum atomic E-state index is -4.39. The number of nitrogens with one attached hydrogen (secondary N) is 2. The molecule has 10 nitrogen and oxygen atoms in total. The largest absolute Gasteiger partial charge is 0.379 e. The van der Waals surface area contributed by atoms with Gasteiger partial charge in [-0.25, -0.2) is 13.1 Å². The van der Waals surface area contributed by atoms with Crippen molar-refractivity contribution >= 4 is 56.4 Å². The van der Waals surface area contributed by atoms with Crippen molar-refractivity contribution in [2.75, 3.05) is 42.1 Å². The number of hydrogen-bond donors (Lipinski definition) is 2. The van der Waals surface area contributed by atoms with Crippen LogP contribution in [-0.4, -0.2) is 62.1 Å². The van der Waals surface area contributed by atoms with Crippen molar-refractivity contribution in [3.8, 4) is 0 Å². The molecule has 0 bridgehead atoms. The van der Waals surface area contributed by atoms with Crippen molar-refractivity contribution in [1.82, 2.24) is 9.62 Å². The molecule has 5 aromatic rings. The summed E-state index contributed by atoms with van der Waals surface area (Å²) in [5.74, 6) is -0.138. The van der Waals surface area contributed by atoms with Crippen LogP contribution in [0.3, 0.4) is 0 Å². The first-order chi connectivity index (χ1) is 26.1. The van der Waals surface area contributed by atoms with Crippen molar-refractivity contribution in [3.63, 3.8) is 0 Å². The second-order valence-electron chi connectivity index (χ2n) is 13.5. The molecule has 278 valence electrons. The molecule has 0 saturated carbocycles. The number of piperazine rings is 1. The molecule has 5 aromatic carbocycles. The quantitative estimate of drug-likeness (QED) is 0.0533. The normalized spacial score (nSPS) is 15.6. The zero-order chi connectivity index (χ0) is 37.7. The van der Waals surface area contributed by atoms with Crippen LogP contribution >= 0.6 is 23.4 Å². The van der Waals surface area contributed by atoms with Crippen LogP contribution in [0.1, 0.15) is 39.0 Å². The smallest absolute Gasteiger partial charge is 0.293 e. The van der Waals surface area contributed by atoms with E-state index >= 15 is 0 Å². The zero-order valence-electron chi connectivity index (χ0n) is 29.5. The molecular weight excluding hydrogens is 742 g/mol. The van der Waals surface area contributed by atoms with E-state index in [-0.39, 0.29) is 21.8 Å². The van der Waals surface area contributed by atoms with Gasteiger partial charge in [0.25, 0.3) is 21.6 Å². The Bertz CT molecular complexity index is 2260. The van der Waals surface area contributed by atoms with Gasteiger partial charge >= 0.3 is 0 Å². The number of benzene rings is 5. The maximum absolute atomic E-state index is 13.3. The van der Waals surface area contributed by atoms with Crippen molar-refractivity contribution in [2.24, 2.45) is 0 Å². The Labute approximate surface area is 324 Å². The number of thioether (sulfide) groups is 1. The van der Waals surface area contributed by atoms with Gasteiger partial charge in [0.05, 0.1) is 9.82 Å².